The molecule has 0 fully saturated rings. The Hall–Kier alpha value is -0.540. The summed E-state index contributed by atoms with van der Waals surface area (Å²) in [6.45, 7) is 3.63. The first-order valence-corrected chi connectivity index (χ1v) is 4.26. The minimum absolute atomic E-state index is 0.370. The molecule has 0 amide bonds. The van der Waals surface area contributed by atoms with Gasteiger partial charge in [-0.3, -0.25) is 4.68 Å². The first-order valence-electron chi connectivity index (χ1n) is 3.88. The zero-order valence-corrected chi connectivity index (χ0v) is 8.26. The van der Waals surface area contributed by atoms with Crippen molar-refractivity contribution < 1.29 is 5.11 Å². The Bertz CT molecular complexity index is 281. The molecule has 0 saturated heterocycles. The van der Waals surface area contributed by atoms with Crippen LogP contribution in [0.25, 0.3) is 0 Å². The van der Waals surface area contributed by atoms with Gasteiger partial charge in [0.2, 0.25) is 0 Å². The number of rotatable bonds is 2. The maximum atomic E-state index is 9.17. The van der Waals surface area contributed by atoms with Crippen molar-refractivity contribution in [3.8, 4) is 0 Å². The first-order chi connectivity index (χ1) is 5.52. The molecule has 1 N–H and O–H groups in total. The van der Waals surface area contributed by atoms with Crippen LogP contribution in [0.1, 0.15) is 18.2 Å². The fourth-order valence-electron chi connectivity index (χ4n) is 1.20. The Morgan fingerprint density at radius 3 is 2.58 bits per heavy atom. The van der Waals surface area contributed by atoms with Crippen molar-refractivity contribution in [1.82, 2.24) is 9.78 Å². The molecule has 1 aromatic heterocycles. The van der Waals surface area contributed by atoms with Crippen LogP contribution in [0.2, 0.25) is 5.15 Å². The van der Waals surface area contributed by atoms with E-state index >= 15 is 0 Å². The van der Waals surface area contributed by atoms with Crippen molar-refractivity contribution >= 4 is 11.6 Å². The molecule has 68 valence electrons. The van der Waals surface area contributed by atoms with Gasteiger partial charge >= 0.3 is 0 Å². The summed E-state index contributed by atoms with van der Waals surface area (Å²) in [4.78, 5) is 0. The van der Waals surface area contributed by atoms with E-state index in [0.29, 0.717) is 11.6 Å². The lowest BCUT2D eigenvalue weighted by molar-refractivity contribution is 0.195. The SMILES string of the molecule is Cc1nn(C)c(Cl)c1CC(C)O. The van der Waals surface area contributed by atoms with Crippen molar-refractivity contribution in [2.45, 2.75) is 26.4 Å². The fraction of sp³-hybridized carbons (Fsp3) is 0.625. The van der Waals surface area contributed by atoms with E-state index < -0.39 is 0 Å². The highest BCUT2D eigenvalue weighted by atomic mass is 35.5. The zero-order valence-electron chi connectivity index (χ0n) is 7.50. The van der Waals surface area contributed by atoms with Gasteiger partial charge in [0.15, 0.2) is 0 Å². The average Bonchev–Trinajstić information content (AvgIpc) is 2.16. The predicted octanol–water partition coefficient (Wildman–Crippen LogP) is 1.31. The van der Waals surface area contributed by atoms with Gasteiger partial charge in [-0.2, -0.15) is 5.10 Å². The maximum absolute atomic E-state index is 9.17. The molecule has 0 radical (unpaired) electrons. The number of nitrogens with zero attached hydrogens (tertiary/aromatic N) is 2. The van der Waals surface area contributed by atoms with Crippen molar-refractivity contribution in [2.75, 3.05) is 0 Å². The lowest BCUT2D eigenvalue weighted by Gasteiger charge is -2.02. The molecule has 0 aliphatic rings. The number of aliphatic hydroxyl groups excluding tert-OH is 1. The number of aliphatic hydroxyl groups is 1. The molecule has 4 heteroatoms. The second-order valence-corrected chi connectivity index (χ2v) is 3.39. The van der Waals surface area contributed by atoms with Crippen LogP contribution in [0.15, 0.2) is 0 Å². The normalized spacial score (nSPS) is 13.4. The summed E-state index contributed by atoms with van der Waals surface area (Å²) in [6, 6.07) is 0. The number of aromatic nitrogens is 2. The second-order valence-electron chi connectivity index (χ2n) is 3.03. The Balaban J connectivity index is 2.97. The van der Waals surface area contributed by atoms with Crippen LogP contribution >= 0.6 is 11.6 Å². The summed E-state index contributed by atoms with van der Waals surface area (Å²) in [5, 5.41) is 13.9. The second kappa shape index (κ2) is 3.46. The molecule has 1 heterocycles. The molecule has 0 bridgehead atoms. The van der Waals surface area contributed by atoms with E-state index in [1.165, 1.54) is 0 Å². The lowest BCUT2D eigenvalue weighted by atomic mass is 10.1. The summed E-state index contributed by atoms with van der Waals surface area (Å²) < 4.78 is 1.62. The van der Waals surface area contributed by atoms with Crippen LogP contribution in [0.5, 0.6) is 0 Å². The molecule has 0 spiro atoms. The molecule has 1 rings (SSSR count). The zero-order chi connectivity index (χ0) is 9.30. The van der Waals surface area contributed by atoms with Crippen LogP contribution in [0.4, 0.5) is 0 Å². The highest BCUT2D eigenvalue weighted by molar-refractivity contribution is 6.30. The monoisotopic (exact) mass is 188 g/mol. The van der Waals surface area contributed by atoms with Gasteiger partial charge in [0.05, 0.1) is 11.8 Å². The van der Waals surface area contributed by atoms with Gasteiger partial charge in [0.1, 0.15) is 5.15 Å². The molecule has 0 saturated carbocycles. The minimum atomic E-state index is -0.370. The minimum Gasteiger partial charge on any atom is -0.393 e. The predicted molar refractivity (Wildman–Crippen MR) is 48.3 cm³/mol. The number of halogens is 1. The van der Waals surface area contributed by atoms with Gasteiger partial charge in [-0.05, 0) is 13.8 Å². The van der Waals surface area contributed by atoms with E-state index in [1.54, 1.807) is 18.7 Å². The molecule has 3 nitrogen and oxygen atoms in total. The Labute approximate surface area is 77.0 Å². The highest BCUT2D eigenvalue weighted by Gasteiger charge is 2.12. The summed E-state index contributed by atoms with van der Waals surface area (Å²) >= 11 is 5.95. The third-order valence-electron chi connectivity index (χ3n) is 1.77. The standard InChI is InChI=1S/C8H13ClN2O/c1-5(12)4-7-6(2)10-11(3)8(7)9/h5,12H,4H2,1-3H3. The van der Waals surface area contributed by atoms with E-state index in [9.17, 15) is 0 Å². The van der Waals surface area contributed by atoms with Gasteiger partial charge in [-0.25, -0.2) is 0 Å². The molecule has 0 aromatic carbocycles. The van der Waals surface area contributed by atoms with Crippen LogP contribution in [0, 0.1) is 6.92 Å². The van der Waals surface area contributed by atoms with Crippen molar-refractivity contribution in [2.24, 2.45) is 7.05 Å². The smallest absolute Gasteiger partial charge is 0.130 e. The summed E-state index contributed by atoms with van der Waals surface area (Å²) in [5.74, 6) is 0. The Morgan fingerprint density at radius 2 is 2.25 bits per heavy atom. The van der Waals surface area contributed by atoms with E-state index in [-0.39, 0.29) is 6.10 Å². The third-order valence-corrected chi connectivity index (χ3v) is 2.24. The molecule has 1 atom stereocenters. The Morgan fingerprint density at radius 1 is 1.67 bits per heavy atom. The Kier molecular flexibility index (Phi) is 2.75. The van der Waals surface area contributed by atoms with E-state index in [2.05, 4.69) is 5.10 Å². The van der Waals surface area contributed by atoms with Crippen LogP contribution in [0.3, 0.4) is 0 Å². The molecule has 1 unspecified atom stereocenters. The van der Waals surface area contributed by atoms with Gasteiger partial charge < -0.3 is 5.11 Å². The molecule has 1 aromatic rings. The molecular formula is C8H13ClN2O. The first kappa shape index (κ1) is 9.55. The fourth-order valence-corrected chi connectivity index (χ4v) is 1.45. The van der Waals surface area contributed by atoms with Crippen LogP contribution in [-0.4, -0.2) is 21.0 Å². The molecular weight excluding hydrogens is 176 g/mol. The largest absolute Gasteiger partial charge is 0.393 e. The third kappa shape index (κ3) is 1.79. The lowest BCUT2D eigenvalue weighted by Crippen LogP contribution is -2.05. The molecule has 0 aliphatic carbocycles. The summed E-state index contributed by atoms with van der Waals surface area (Å²) in [6.07, 6.45) is 0.198. The van der Waals surface area contributed by atoms with Crippen molar-refractivity contribution in [1.29, 1.82) is 0 Å². The van der Waals surface area contributed by atoms with E-state index in [1.807, 2.05) is 6.92 Å². The quantitative estimate of drug-likeness (QED) is 0.760. The summed E-state index contributed by atoms with van der Waals surface area (Å²) in [5.41, 5.74) is 1.83. The molecule has 0 aliphatic heterocycles. The maximum Gasteiger partial charge on any atom is 0.130 e. The van der Waals surface area contributed by atoms with E-state index in [0.717, 1.165) is 11.3 Å². The van der Waals surface area contributed by atoms with Gasteiger partial charge in [0, 0.05) is 19.0 Å². The number of hydrogen-bond donors (Lipinski definition) is 1. The van der Waals surface area contributed by atoms with Crippen molar-refractivity contribution in [3.63, 3.8) is 0 Å². The number of hydrogen-bond acceptors (Lipinski definition) is 2. The van der Waals surface area contributed by atoms with Gasteiger partial charge in [-0.1, -0.05) is 11.6 Å². The van der Waals surface area contributed by atoms with E-state index in [4.69, 9.17) is 16.7 Å². The van der Waals surface area contributed by atoms with Gasteiger partial charge in [-0.15, -0.1) is 0 Å². The number of aryl methyl sites for hydroxylation is 2. The van der Waals surface area contributed by atoms with Crippen molar-refractivity contribution in [3.05, 3.63) is 16.4 Å². The van der Waals surface area contributed by atoms with Crippen LogP contribution in [-0.2, 0) is 13.5 Å². The average molecular weight is 189 g/mol. The summed E-state index contributed by atoms with van der Waals surface area (Å²) in [7, 11) is 1.79. The van der Waals surface area contributed by atoms with Gasteiger partial charge in [0.25, 0.3) is 0 Å². The molecule has 12 heavy (non-hydrogen) atoms. The van der Waals surface area contributed by atoms with Crippen LogP contribution < -0.4 is 0 Å². The highest BCUT2D eigenvalue weighted by Crippen LogP contribution is 2.19. The topological polar surface area (TPSA) is 38.0 Å².